The van der Waals surface area contributed by atoms with Crippen LogP contribution >= 0.6 is 11.3 Å². The Kier molecular flexibility index (Phi) is 3.60. The number of amides is 1. The molecule has 0 saturated carbocycles. The highest BCUT2D eigenvalue weighted by molar-refractivity contribution is 7.17. The molecule has 0 saturated heterocycles. The second-order valence-corrected chi connectivity index (χ2v) is 5.40. The molecule has 2 heterocycles. The molecule has 0 bridgehead atoms. The number of benzene rings is 1. The molecule has 3 aromatic rings. The van der Waals surface area contributed by atoms with Gasteiger partial charge in [-0.25, -0.2) is 0 Å². The van der Waals surface area contributed by atoms with Gasteiger partial charge in [0.2, 0.25) is 0 Å². The van der Waals surface area contributed by atoms with Gasteiger partial charge in [0, 0.05) is 23.2 Å². The lowest BCUT2D eigenvalue weighted by atomic mass is 10.2. The highest BCUT2D eigenvalue weighted by Gasteiger charge is 2.10. The number of H-pyrrole nitrogens is 1. The summed E-state index contributed by atoms with van der Waals surface area (Å²) < 4.78 is 0. The minimum Gasteiger partial charge on any atom is -0.347 e. The number of aromatic nitrogens is 2. The maximum atomic E-state index is 12.1. The summed E-state index contributed by atoms with van der Waals surface area (Å²) in [5, 5.41) is 9.60. The minimum absolute atomic E-state index is 0.0476. The van der Waals surface area contributed by atoms with Gasteiger partial charge in [-0.05, 0) is 17.7 Å². The fraction of sp³-hybridized carbons (Fsp3) is 0.0667. The molecule has 0 spiro atoms. The second-order valence-electron chi connectivity index (χ2n) is 4.32. The Morgan fingerprint density at radius 1 is 1.20 bits per heavy atom. The molecule has 1 amide bonds. The zero-order valence-corrected chi connectivity index (χ0v) is 11.5. The number of hydrogen-bond acceptors (Lipinski definition) is 3. The van der Waals surface area contributed by atoms with Gasteiger partial charge in [0.1, 0.15) is 0 Å². The van der Waals surface area contributed by atoms with E-state index in [1.165, 1.54) is 11.3 Å². The maximum Gasteiger partial charge on any atom is 0.261 e. The first-order chi connectivity index (χ1) is 9.83. The summed E-state index contributed by atoms with van der Waals surface area (Å²) in [7, 11) is 0. The molecule has 0 aliphatic carbocycles. The summed E-state index contributed by atoms with van der Waals surface area (Å²) >= 11 is 1.46. The summed E-state index contributed by atoms with van der Waals surface area (Å²) in [6.45, 7) is 0.540. The molecule has 0 atom stereocenters. The molecule has 0 radical (unpaired) electrons. The molecule has 4 nitrogen and oxygen atoms in total. The van der Waals surface area contributed by atoms with Crippen LogP contribution in [0.3, 0.4) is 0 Å². The van der Waals surface area contributed by atoms with Gasteiger partial charge in [0.15, 0.2) is 0 Å². The van der Waals surface area contributed by atoms with E-state index in [0.717, 1.165) is 16.0 Å². The van der Waals surface area contributed by atoms with Crippen molar-refractivity contribution in [1.29, 1.82) is 0 Å². The number of nitrogens with zero attached hydrogens (tertiary/aromatic N) is 1. The smallest absolute Gasteiger partial charge is 0.261 e. The van der Waals surface area contributed by atoms with E-state index in [9.17, 15) is 4.79 Å². The Labute approximate surface area is 120 Å². The number of thiophene rings is 1. The normalized spacial score (nSPS) is 10.4. The fourth-order valence-corrected chi connectivity index (χ4v) is 2.77. The lowest BCUT2D eigenvalue weighted by molar-refractivity contribution is 0.0955. The van der Waals surface area contributed by atoms with E-state index in [2.05, 4.69) is 15.5 Å². The highest BCUT2D eigenvalue weighted by atomic mass is 32.1. The summed E-state index contributed by atoms with van der Waals surface area (Å²) in [5.41, 5.74) is 2.09. The largest absolute Gasteiger partial charge is 0.347 e. The number of carbonyl (C=O) groups is 1. The first-order valence-corrected chi connectivity index (χ1v) is 7.06. The van der Waals surface area contributed by atoms with Gasteiger partial charge in [-0.2, -0.15) is 5.10 Å². The van der Waals surface area contributed by atoms with Crippen molar-refractivity contribution in [2.45, 2.75) is 6.54 Å². The van der Waals surface area contributed by atoms with E-state index in [1.54, 1.807) is 6.20 Å². The van der Waals surface area contributed by atoms with Crippen molar-refractivity contribution in [3.05, 3.63) is 65.3 Å². The van der Waals surface area contributed by atoms with Crippen molar-refractivity contribution in [1.82, 2.24) is 15.5 Å². The zero-order valence-electron chi connectivity index (χ0n) is 10.7. The van der Waals surface area contributed by atoms with Crippen molar-refractivity contribution in [2.24, 2.45) is 0 Å². The molecule has 0 aliphatic heterocycles. The molecule has 100 valence electrons. The van der Waals surface area contributed by atoms with E-state index < -0.39 is 0 Å². The molecule has 5 heteroatoms. The summed E-state index contributed by atoms with van der Waals surface area (Å²) in [6.07, 6.45) is 3.56. The molecule has 1 aromatic carbocycles. The van der Waals surface area contributed by atoms with Gasteiger partial charge >= 0.3 is 0 Å². The number of aromatic amines is 1. The Bertz CT molecular complexity index is 689. The Morgan fingerprint density at radius 2 is 2.05 bits per heavy atom. The van der Waals surface area contributed by atoms with Gasteiger partial charge in [0.25, 0.3) is 5.91 Å². The predicted octanol–water partition coefficient (Wildman–Crippen LogP) is 3.07. The van der Waals surface area contributed by atoms with Crippen LogP contribution in [-0.2, 0) is 6.54 Å². The van der Waals surface area contributed by atoms with Crippen LogP contribution in [0.25, 0.3) is 10.4 Å². The monoisotopic (exact) mass is 283 g/mol. The van der Waals surface area contributed by atoms with Crippen molar-refractivity contribution >= 4 is 17.2 Å². The van der Waals surface area contributed by atoms with Crippen LogP contribution in [-0.4, -0.2) is 16.1 Å². The lowest BCUT2D eigenvalue weighted by Gasteiger charge is -2.03. The van der Waals surface area contributed by atoms with Crippen LogP contribution in [0.15, 0.2) is 54.9 Å². The second kappa shape index (κ2) is 5.71. The van der Waals surface area contributed by atoms with E-state index in [0.29, 0.717) is 11.4 Å². The first kappa shape index (κ1) is 12.6. The van der Waals surface area contributed by atoms with Crippen LogP contribution in [0.2, 0.25) is 0 Å². The van der Waals surface area contributed by atoms with E-state index in [-0.39, 0.29) is 5.91 Å². The summed E-state index contributed by atoms with van der Waals surface area (Å²) in [4.78, 5) is 13.8. The van der Waals surface area contributed by atoms with E-state index in [4.69, 9.17) is 0 Å². The van der Waals surface area contributed by atoms with Crippen LogP contribution < -0.4 is 5.32 Å². The molecule has 0 fully saturated rings. The summed E-state index contributed by atoms with van der Waals surface area (Å²) in [6, 6.07) is 13.6. The third-order valence-corrected chi connectivity index (χ3v) is 4.04. The van der Waals surface area contributed by atoms with Crippen LogP contribution in [0.4, 0.5) is 0 Å². The maximum absolute atomic E-state index is 12.1. The summed E-state index contributed by atoms with van der Waals surface area (Å²) in [5.74, 6) is -0.0476. The number of hydrogen-bond donors (Lipinski definition) is 2. The van der Waals surface area contributed by atoms with Gasteiger partial charge in [-0.1, -0.05) is 30.3 Å². The Balaban J connectivity index is 1.66. The number of carbonyl (C=O) groups excluding carboxylic acids is 1. The lowest BCUT2D eigenvalue weighted by Crippen LogP contribution is -2.21. The van der Waals surface area contributed by atoms with Crippen LogP contribution in [0, 0.1) is 0 Å². The first-order valence-electron chi connectivity index (χ1n) is 6.24. The van der Waals surface area contributed by atoms with Gasteiger partial charge < -0.3 is 5.32 Å². The third kappa shape index (κ3) is 2.78. The average Bonchev–Trinajstić information content (AvgIpc) is 3.16. The predicted molar refractivity (Wildman–Crippen MR) is 79.5 cm³/mol. The van der Waals surface area contributed by atoms with Crippen molar-refractivity contribution in [2.75, 3.05) is 0 Å². The minimum atomic E-state index is -0.0476. The molecule has 0 aliphatic rings. The van der Waals surface area contributed by atoms with Gasteiger partial charge in [0.05, 0.1) is 11.1 Å². The molecule has 3 rings (SSSR count). The van der Waals surface area contributed by atoms with E-state index in [1.807, 2.05) is 48.7 Å². The number of nitrogens with one attached hydrogen (secondary N) is 2. The SMILES string of the molecule is O=C(NCc1ccccc1)c1ccc(-c2cn[nH]c2)s1. The van der Waals surface area contributed by atoms with Crippen LogP contribution in [0.1, 0.15) is 15.2 Å². The Hall–Kier alpha value is -2.40. The molecular weight excluding hydrogens is 270 g/mol. The molecule has 0 unspecified atom stereocenters. The molecule has 20 heavy (non-hydrogen) atoms. The molecule has 2 aromatic heterocycles. The average molecular weight is 283 g/mol. The van der Waals surface area contributed by atoms with Crippen molar-refractivity contribution in [3.8, 4) is 10.4 Å². The standard InChI is InChI=1S/C15H13N3OS/c19-15(16-8-11-4-2-1-3-5-11)14-7-6-13(20-14)12-9-17-18-10-12/h1-7,9-10H,8H2,(H,16,19)(H,17,18). The van der Waals surface area contributed by atoms with Gasteiger partial charge in [-0.15, -0.1) is 11.3 Å². The molecular formula is C15H13N3OS. The number of rotatable bonds is 4. The molecule has 2 N–H and O–H groups in total. The quantitative estimate of drug-likeness (QED) is 0.773. The van der Waals surface area contributed by atoms with Crippen molar-refractivity contribution in [3.63, 3.8) is 0 Å². The fourth-order valence-electron chi connectivity index (χ4n) is 1.87. The van der Waals surface area contributed by atoms with Crippen molar-refractivity contribution < 1.29 is 4.79 Å². The van der Waals surface area contributed by atoms with Gasteiger partial charge in [-0.3, -0.25) is 9.89 Å². The Morgan fingerprint density at radius 3 is 2.80 bits per heavy atom. The topological polar surface area (TPSA) is 57.8 Å². The highest BCUT2D eigenvalue weighted by Crippen LogP contribution is 2.27. The van der Waals surface area contributed by atoms with Crippen LogP contribution in [0.5, 0.6) is 0 Å². The van der Waals surface area contributed by atoms with E-state index >= 15 is 0 Å². The zero-order chi connectivity index (χ0) is 13.8. The third-order valence-electron chi connectivity index (χ3n) is 2.91.